The van der Waals surface area contributed by atoms with Crippen LogP contribution >= 0.6 is 0 Å². The van der Waals surface area contributed by atoms with Crippen molar-refractivity contribution in [3.63, 3.8) is 0 Å². The van der Waals surface area contributed by atoms with Gasteiger partial charge in [0.25, 0.3) is 5.91 Å². The molecule has 0 bridgehead atoms. The maximum atomic E-state index is 12.1. The van der Waals surface area contributed by atoms with Gasteiger partial charge in [-0.2, -0.15) is 0 Å². The fourth-order valence-electron chi connectivity index (χ4n) is 2.53. The predicted octanol–water partition coefficient (Wildman–Crippen LogP) is 4.81. The zero-order chi connectivity index (χ0) is 19.8. The molecule has 5 nitrogen and oxygen atoms in total. The monoisotopic (exact) mass is 368 g/mol. The first-order valence-corrected chi connectivity index (χ1v) is 9.26. The van der Waals surface area contributed by atoms with Gasteiger partial charge >= 0.3 is 0 Å². The number of carbonyl (C=O) groups excluding carboxylic acids is 2. The summed E-state index contributed by atoms with van der Waals surface area (Å²) >= 11 is 0. The molecule has 0 saturated carbocycles. The number of nitrogens with one attached hydrogen (secondary N) is 2. The first-order chi connectivity index (χ1) is 12.8. The van der Waals surface area contributed by atoms with Crippen molar-refractivity contribution in [1.29, 1.82) is 0 Å². The molecule has 2 N–H and O–H groups in total. The van der Waals surface area contributed by atoms with Crippen molar-refractivity contribution in [2.75, 3.05) is 17.2 Å². The van der Waals surface area contributed by atoms with E-state index in [-0.39, 0.29) is 18.4 Å². The molecule has 0 aromatic heterocycles. The Labute approximate surface area is 161 Å². The lowest BCUT2D eigenvalue weighted by Gasteiger charge is -2.11. The van der Waals surface area contributed by atoms with E-state index in [1.807, 2.05) is 38.1 Å². The summed E-state index contributed by atoms with van der Waals surface area (Å²) < 4.78 is 5.58. The van der Waals surface area contributed by atoms with E-state index in [0.717, 1.165) is 0 Å². The van der Waals surface area contributed by atoms with Crippen LogP contribution in [0.15, 0.2) is 48.5 Å². The van der Waals surface area contributed by atoms with Gasteiger partial charge in [-0.3, -0.25) is 9.59 Å². The van der Waals surface area contributed by atoms with E-state index < -0.39 is 0 Å². The van der Waals surface area contributed by atoms with Gasteiger partial charge < -0.3 is 15.4 Å². The fourth-order valence-corrected chi connectivity index (χ4v) is 2.53. The normalized spacial score (nSPS) is 10.7. The molecule has 0 fully saturated rings. The standard InChI is InChI=1S/C22H28N2O3/c1-15(2)12-21(25)23-18-8-10-19(11-9-18)24-22(26)14-27-20-7-5-6-17(13-20)16(3)4/h5-11,13,15-16H,12,14H2,1-4H3,(H,23,25)(H,24,26). The Bertz CT molecular complexity index is 767. The molecule has 144 valence electrons. The summed E-state index contributed by atoms with van der Waals surface area (Å²) in [6, 6.07) is 14.8. The van der Waals surface area contributed by atoms with Crippen molar-refractivity contribution < 1.29 is 14.3 Å². The topological polar surface area (TPSA) is 67.4 Å². The molecule has 2 aromatic rings. The van der Waals surface area contributed by atoms with Gasteiger partial charge in [0.15, 0.2) is 6.61 Å². The summed E-state index contributed by atoms with van der Waals surface area (Å²) in [6.07, 6.45) is 0.480. The van der Waals surface area contributed by atoms with Crippen molar-refractivity contribution in [3.8, 4) is 5.75 Å². The lowest BCUT2D eigenvalue weighted by Crippen LogP contribution is -2.20. The Hall–Kier alpha value is -2.82. The molecule has 0 atom stereocenters. The molecular formula is C22H28N2O3. The number of rotatable bonds is 8. The van der Waals surface area contributed by atoms with Crippen LogP contribution < -0.4 is 15.4 Å². The van der Waals surface area contributed by atoms with Crippen LogP contribution in [-0.4, -0.2) is 18.4 Å². The van der Waals surface area contributed by atoms with Crippen LogP contribution in [-0.2, 0) is 9.59 Å². The minimum Gasteiger partial charge on any atom is -0.484 e. The molecule has 0 saturated heterocycles. The van der Waals surface area contributed by atoms with Crippen LogP contribution in [0.1, 0.15) is 45.6 Å². The molecule has 5 heteroatoms. The lowest BCUT2D eigenvalue weighted by atomic mass is 10.0. The summed E-state index contributed by atoms with van der Waals surface area (Å²) in [7, 11) is 0. The van der Waals surface area contributed by atoms with E-state index in [9.17, 15) is 9.59 Å². The van der Waals surface area contributed by atoms with Crippen LogP contribution in [0, 0.1) is 5.92 Å². The van der Waals surface area contributed by atoms with Gasteiger partial charge in [-0.15, -0.1) is 0 Å². The summed E-state index contributed by atoms with van der Waals surface area (Å²) in [4.78, 5) is 23.9. The molecule has 0 aliphatic rings. The SMILES string of the molecule is CC(C)CC(=O)Nc1ccc(NC(=O)COc2cccc(C(C)C)c2)cc1. The molecule has 2 rings (SSSR count). The highest BCUT2D eigenvalue weighted by atomic mass is 16.5. The third-order valence-electron chi connectivity index (χ3n) is 3.94. The van der Waals surface area contributed by atoms with Gasteiger partial charge in [-0.1, -0.05) is 39.8 Å². The minimum atomic E-state index is -0.235. The van der Waals surface area contributed by atoms with Crippen molar-refractivity contribution in [3.05, 3.63) is 54.1 Å². The first kappa shape index (κ1) is 20.5. The molecule has 0 spiro atoms. The van der Waals surface area contributed by atoms with Gasteiger partial charge in [0, 0.05) is 17.8 Å². The van der Waals surface area contributed by atoms with E-state index in [2.05, 4.69) is 24.5 Å². The zero-order valence-corrected chi connectivity index (χ0v) is 16.4. The molecule has 2 aromatic carbocycles. The third-order valence-corrected chi connectivity index (χ3v) is 3.94. The second kappa shape index (κ2) is 9.76. The van der Waals surface area contributed by atoms with E-state index in [0.29, 0.717) is 35.4 Å². The fraction of sp³-hybridized carbons (Fsp3) is 0.364. The number of hydrogen-bond donors (Lipinski definition) is 2. The second-order valence-electron chi connectivity index (χ2n) is 7.29. The van der Waals surface area contributed by atoms with Crippen LogP contribution in [0.4, 0.5) is 11.4 Å². The Balaban J connectivity index is 1.83. The van der Waals surface area contributed by atoms with E-state index in [1.165, 1.54) is 5.56 Å². The molecule has 0 radical (unpaired) electrons. The highest BCUT2D eigenvalue weighted by Crippen LogP contribution is 2.20. The molecule has 27 heavy (non-hydrogen) atoms. The van der Waals surface area contributed by atoms with Gasteiger partial charge in [0.1, 0.15) is 5.75 Å². The first-order valence-electron chi connectivity index (χ1n) is 9.26. The van der Waals surface area contributed by atoms with Crippen LogP contribution in [0.25, 0.3) is 0 Å². The minimum absolute atomic E-state index is 0.0150. The third kappa shape index (κ3) is 7.13. The number of amides is 2. The van der Waals surface area contributed by atoms with Gasteiger partial charge in [-0.05, 0) is 53.8 Å². The average molecular weight is 368 g/mol. The van der Waals surface area contributed by atoms with Crippen LogP contribution in [0.3, 0.4) is 0 Å². The lowest BCUT2D eigenvalue weighted by molar-refractivity contribution is -0.118. The Morgan fingerprint density at radius 1 is 0.889 bits per heavy atom. The number of hydrogen-bond acceptors (Lipinski definition) is 3. The molecule has 0 unspecified atom stereocenters. The number of anilines is 2. The van der Waals surface area contributed by atoms with Gasteiger partial charge in [-0.25, -0.2) is 0 Å². The number of benzene rings is 2. The molecule has 0 aliphatic carbocycles. The van der Waals surface area contributed by atoms with Crippen molar-refractivity contribution in [2.45, 2.75) is 40.0 Å². The Morgan fingerprint density at radius 2 is 1.48 bits per heavy atom. The number of ether oxygens (including phenoxy) is 1. The smallest absolute Gasteiger partial charge is 0.262 e. The highest BCUT2D eigenvalue weighted by Gasteiger charge is 2.07. The Kier molecular flexibility index (Phi) is 7.41. The maximum absolute atomic E-state index is 12.1. The molecule has 2 amide bonds. The van der Waals surface area contributed by atoms with Crippen LogP contribution in [0.2, 0.25) is 0 Å². The summed E-state index contributed by atoms with van der Waals surface area (Å²) in [6.45, 7) is 8.16. The van der Waals surface area contributed by atoms with Gasteiger partial charge in [0.2, 0.25) is 5.91 Å². The van der Waals surface area contributed by atoms with E-state index >= 15 is 0 Å². The summed E-state index contributed by atoms with van der Waals surface area (Å²) in [5.41, 5.74) is 2.53. The average Bonchev–Trinajstić information content (AvgIpc) is 2.61. The van der Waals surface area contributed by atoms with Crippen molar-refractivity contribution in [2.24, 2.45) is 5.92 Å². The van der Waals surface area contributed by atoms with Gasteiger partial charge in [0.05, 0.1) is 0 Å². The maximum Gasteiger partial charge on any atom is 0.262 e. The highest BCUT2D eigenvalue weighted by molar-refractivity contribution is 5.93. The quantitative estimate of drug-likeness (QED) is 0.702. The number of carbonyl (C=O) groups is 2. The molecule has 0 heterocycles. The zero-order valence-electron chi connectivity index (χ0n) is 16.4. The predicted molar refractivity (Wildman–Crippen MR) is 109 cm³/mol. The Morgan fingerprint density at radius 3 is 2.04 bits per heavy atom. The largest absolute Gasteiger partial charge is 0.484 e. The molecule has 0 aliphatic heterocycles. The summed E-state index contributed by atoms with van der Waals surface area (Å²) in [5, 5.41) is 5.62. The van der Waals surface area contributed by atoms with Crippen molar-refractivity contribution >= 4 is 23.2 Å². The van der Waals surface area contributed by atoms with Crippen molar-refractivity contribution in [1.82, 2.24) is 0 Å². The van der Waals surface area contributed by atoms with E-state index in [4.69, 9.17) is 4.74 Å². The summed E-state index contributed by atoms with van der Waals surface area (Å²) in [5.74, 6) is 1.15. The second-order valence-corrected chi connectivity index (χ2v) is 7.29. The van der Waals surface area contributed by atoms with Crippen LogP contribution in [0.5, 0.6) is 5.75 Å². The molecular weight excluding hydrogens is 340 g/mol. The van der Waals surface area contributed by atoms with E-state index in [1.54, 1.807) is 24.3 Å².